The molecule has 1 saturated heterocycles. The molecule has 1 fully saturated rings. The van der Waals surface area contributed by atoms with Crippen molar-refractivity contribution in [1.29, 1.82) is 0 Å². The third kappa shape index (κ3) is 2.76. The van der Waals surface area contributed by atoms with Gasteiger partial charge in [0.25, 0.3) is 5.91 Å². The van der Waals surface area contributed by atoms with E-state index in [0.717, 1.165) is 11.1 Å². The SMILES string of the molecule is CC(=O)N1CCN(C(=O)c2cc(N)c(C)cc2C)CC1. The number of hydrogen-bond acceptors (Lipinski definition) is 3. The average molecular weight is 275 g/mol. The summed E-state index contributed by atoms with van der Waals surface area (Å²) in [4.78, 5) is 27.4. The zero-order valence-electron chi connectivity index (χ0n) is 12.3. The molecule has 0 radical (unpaired) electrons. The third-order valence-corrected chi connectivity index (χ3v) is 3.86. The summed E-state index contributed by atoms with van der Waals surface area (Å²) >= 11 is 0. The Kier molecular flexibility index (Phi) is 3.97. The van der Waals surface area contributed by atoms with Crippen LogP contribution >= 0.6 is 0 Å². The topological polar surface area (TPSA) is 66.6 Å². The smallest absolute Gasteiger partial charge is 0.254 e. The predicted molar refractivity (Wildman–Crippen MR) is 78.5 cm³/mol. The van der Waals surface area contributed by atoms with E-state index < -0.39 is 0 Å². The van der Waals surface area contributed by atoms with Crippen LogP contribution in [0.5, 0.6) is 0 Å². The van der Waals surface area contributed by atoms with Gasteiger partial charge in [-0.05, 0) is 31.0 Å². The van der Waals surface area contributed by atoms with E-state index in [-0.39, 0.29) is 11.8 Å². The van der Waals surface area contributed by atoms with Gasteiger partial charge >= 0.3 is 0 Å². The Hall–Kier alpha value is -2.04. The summed E-state index contributed by atoms with van der Waals surface area (Å²) in [5.41, 5.74) is 9.12. The van der Waals surface area contributed by atoms with Gasteiger partial charge in [-0.25, -0.2) is 0 Å². The first-order chi connectivity index (χ1) is 9.40. The lowest BCUT2D eigenvalue weighted by Crippen LogP contribution is -2.50. The van der Waals surface area contributed by atoms with Crippen LogP contribution in [0, 0.1) is 13.8 Å². The molecule has 2 rings (SSSR count). The molecular formula is C15H21N3O2. The van der Waals surface area contributed by atoms with Crippen molar-refractivity contribution in [3.63, 3.8) is 0 Å². The highest BCUT2D eigenvalue weighted by Gasteiger charge is 2.24. The summed E-state index contributed by atoms with van der Waals surface area (Å²) in [5, 5.41) is 0. The Balaban J connectivity index is 2.13. The molecule has 0 bridgehead atoms. The first-order valence-electron chi connectivity index (χ1n) is 6.81. The van der Waals surface area contributed by atoms with Crippen LogP contribution in [0.1, 0.15) is 28.4 Å². The van der Waals surface area contributed by atoms with Crippen LogP contribution in [-0.4, -0.2) is 47.8 Å². The molecule has 0 aromatic heterocycles. The van der Waals surface area contributed by atoms with Crippen molar-refractivity contribution < 1.29 is 9.59 Å². The molecule has 2 N–H and O–H groups in total. The van der Waals surface area contributed by atoms with Gasteiger partial charge in [-0.3, -0.25) is 9.59 Å². The van der Waals surface area contributed by atoms with Crippen LogP contribution in [0.3, 0.4) is 0 Å². The van der Waals surface area contributed by atoms with Crippen molar-refractivity contribution in [2.45, 2.75) is 20.8 Å². The fraction of sp³-hybridized carbons (Fsp3) is 0.467. The summed E-state index contributed by atoms with van der Waals surface area (Å²) < 4.78 is 0. The van der Waals surface area contributed by atoms with E-state index in [4.69, 9.17) is 5.73 Å². The first kappa shape index (κ1) is 14.4. The summed E-state index contributed by atoms with van der Waals surface area (Å²) in [5.74, 6) is 0.0604. The molecule has 2 amide bonds. The van der Waals surface area contributed by atoms with Crippen molar-refractivity contribution in [3.8, 4) is 0 Å². The zero-order valence-corrected chi connectivity index (χ0v) is 12.3. The Bertz CT molecular complexity index is 546. The second-order valence-corrected chi connectivity index (χ2v) is 5.32. The number of anilines is 1. The number of aryl methyl sites for hydroxylation is 2. The molecule has 0 aliphatic carbocycles. The number of piperazine rings is 1. The highest BCUT2D eigenvalue weighted by Crippen LogP contribution is 2.20. The van der Waals surface area contributed by atoms with Gasteiger partial charge in [-0.15, -0.1) is 0 Å². The number of nitrogens with two attached hydrogens (primary N) is 1. The molecule has 1 aliphatic heterocycles. The number of rotatable bonds is 1. The van der Waals surface area contributed by atoms with Crippen LogP contribution in [0.15, 0.2) is 12.1 Å². The molecule has 0 saturated carbocycles. The van der Waals surface area contributed by atoms with Gasteiger partial charge in [-0.1, -0.05) is 6.07 Å². The van der Waals surface area contributed by atoms with Crippen molar-refractivity contribution in [2.75, 3.05) is 31.9 Å². The van der Waals surface area contributed by atoms with Crippen molar-refractivity contribution >= 4 is 17.5 Å². The molecule has 5 heteroatoms. The Morgan fingerprint density at radius 3 is 2.10 bits per heavy atom. The maximum Gasteiger partial charge on any atom is 0.254 e. The Morgan fingerprint density at radius 1 is 1.00 bits per heavy atom. The van der Waals surface area contributed by atoms with E-state index in [1.54, 1.807) is 22.8 Å². The minimum atomic E-state index is -0.00241. The van der Waals surface area contributed by atoms with Gasteiger partial charge in [0, 0.05) is 44.4 Å². The van der Waals surface area contributed by atoms with Crippen molar-refractivity contribution in [1.82, 2.24) is 9.80 Å². The molecular weight excluding hydrogens is 254 g/mol. The number of carbonyl (C=O) groups is 2. The molecule has 108 valence electrons. The predicted octanol–water partition coefficient (Wildman–Crippen LogP) is 1.19. The molecule has 20 heavy (non-hydrogen) atoms. The third-order valence-electron chi connectivity index (χ3n) is 3.86. The fourth-order valence-corrected chi connectivity index (χ4v) is 2.49. The van der Waals surface area contributed by atoms with E-state index in [1.807, 2.05) is 19.9 Å². The van der Waals surface area contributed by atoms with Crippen molar-refractivity contribution in [2.24, 2.45) is 0 Å². The molecule has 1 heterocycles. The summed E-state index contributed by atoms with van der Waals surface area (Å²) in [6.45, 7) is 7.76. The van der Waals surface area contributed by atoms with Crippen LogP contribution in [0.25, 0.3) is 0 Å². The van der Waals surface area contributed by atoms with Gasteiger partial charge in [0.05, 0.1) is 0 Å². The molecule has 1 aromatic carbocycles. The van der Waals surface area contributed by atoms with Crippen LogP contribution in [0.2, 0.25) is 0 Å². The zero-order chi connectivity index (χ0) is 14.9. The van der Waals surface area contributed by atoms with E-state index in [9.17, 15) is 9.59 Å². The first-order valence-corrected chi connectivity index (χ1v) is 6.81. The lowest BCUT2D eigenvalue weighted by Gasteiger charge is -2.34. The van der Waals surface area contributed by atoms with Gasteiger partial charge in [0.2, 0.25) is 5.91 Å². The number of carbonyl (C=O) groups excluding carboxylic acids is 2. The minimum Gasteiger partial charge on any atom is -0.398 e. The molecule has 0 unspecified atom stereocenters. The molecule has 1 aromatic rings. The maximum absolute atomic E-state index is 12.5. The highest BCUT2D eigenvalue weighted by molar-refractivity contribution is 5.97. The molecule has 5 nitrogen and oxygen atoms in total. The number of nitrogen functional groups attached to an aromatic ring is 1. The number of amides is 2. The summed E-state index contributed by atoms with van der Waals surface area (Å²) in [7, 11) is 0. The second-order valence-electron chi connectivity index (χ2n) is 5.32. The van der Waals surface area contributed by atoms with E-state index in [0.29, 0.717) is 37.4 Å². The summed E-state index contributed by atoms with van der Waals surface area (Å²) in [6.07, 6.45) is 0. The second kappa shape index (κ2) is 5.53. The van der Waals surface area contributed by atoms with E-state index >= 15 is 0 Å². The van der Waals surface area contributed by atoms with E-state index in [2.05, 4.69) is 0 Å². The average Bonchev–Trinajstić information content (AvgIpc) is 2.42. The van der Waals surface area contributed by atoms with Gasteiger partial charge < -0.3 is 15.5 Å². The van der Waals surface area contributed by atoms with Gasteiger partial charge in [-0.2, -0.15) is 0 Å². The normalized spacial score (nSPS) is 15.3. The number of nitrogens with zero attached hydrogens (tertiary/aromatic N) is 2. The monoisotopic (exact) mass is 275 g/mol. The number of hydrogen-bond donors (Lipinski definition) is 1. The van der Waals surface area contributed by atoms with Crippen LogP contribution in [-0.2, 0) is 4.79 Å². The molecule has 1 aliphatic rings. The Labute approximate surface area is 119 Å². The van der Waals surface area contributed by atoms with Gasteiger partial charge in [0.15, 0.2) is 0 Å². The van der Waals surface area contributed by atoms with E-state index in [1.165, 1.54) is 0 Å². The van der Waals surface area contributed by atoms with Gasteiger partial charge in [0.1, 0.15) is 0 Å². The summed E-state index contributed by atoms with van der Waals surface area (Å²) in [6, 6.07) is 3.69. The Morgan fingerprint density at radius 2 is 1.55 bits per heavy atom. The lowest BCUT2D eigenvalue weighted by atomic mass is 10.0. The quantitative estimate of drug-likeness (QED) is 0.783. The largest absolute Gasteiger partial charge is 0.398 e. The number of benzene rings is 1. The standard InChI is InChI=1S/C15H21N3O2/c1-10-8-11(2)14(16)9-13(10)15(20)18-6-4-17(5-7-18)12(3)19/h8-9H,4-7,16H2,1-3H3. The minimum absolute atomic E-state index is 0.00241. The molecule has 0 atom stereocenters. The molecule has 0 spiro atoms. The highest BCUT2D eigenvalue weighted by atomic mass is 16.2. The van der Waals surface area contributed by atoms with Crippen molar-refractivity contribution in [3.05, 3.63) is 28.8 Å². The maximum atomic E-state index is 12.5. The van der Waals surface area contributed by atoms with Crippen LogP contribution < -0.4 is 5.73 Å². The lowest BCUT2D eigenvalue weighted by molar-refractivity contribution is -0.130. The fourth-order valence-electron chi connectivity index (χ4n) is 2.49. The van der Waals surface area contributed by atoms with Crippen LogP contribution in [0.4, 0.5) is 5.69 Å².